The highest BCUT2D eigenvalue weighted by atomic mass is 15.3. The average molecular weight is 233 g/mol. The molecule has 0 aromatic carbocycles. The first-order chi connectivity index (χ1) is 8.33. The molecule has 0 aliphatic rings. The van der Waals surface area contributed by atoms with Gasteiger partial charge in [-0.2, -0.15) is 0 Å². The quantitative estimate of drug-likeness (QED) is 0.778. The van der Waals surface area contributed by atoms with E-state index in [0.717, 1.165) is 23.8 Å². The molecular formula is C12H19N5. The Morgan fingerprint density at radius 3 is 2.94 bits per heavy atom. The number of nitrogens with zero attached hydrogens (tertiary/aromatic N) is 4. The Balaban J connectivity index is 1.99. The zero-order valence-corrected chi connectivity index (χ0v) is 10.5. The molecule has 0 aliphatic heterocycles. The van der Waals surface area contributed by atoms with E-state index in [1.54, 1.807) is 6.20 Å². The molecule has 92 valence electrons. The largest absolute Gasteiger partial charge is 0.367 e. The summed E-state index contributed by atoms with van der Waals surface area (Å²) >= 11 is 0. The summed E-state index contributed by atoms with van der Waals surface area (Å²) in [7, 11) is 0. The molecule has 0 saturated carbocycles. The second kappa shape index (κ2) is 5.61. The van der Waals surface area contributed by atoms with Gasteiger partial charge in [0.2, 0.25) is 5.65 Å². The van der Waals surface area contributed by atoms with E-state index >= 15 is 0 Å². The zero-order valence-electron chi connectivity index (χ0n) is 10.5. The third kappa shape index (κ3) is 2.72. The van der Waals surface area contributed by atoms with Crippen molar-refractivity contribution in [3.05, 3.63) is 18.2 Å². The van der Waals surface area contributed by atoms with Crippen LogP contribution in [0.1, 0.15) is 38.4 Å². The van der Waals surface area contributed by atoms with Crippen molar-refractivity contribution in [2.24, 2.45) is 0 Å². The van der Waals surface area contributed by atoms with Gasteiger partial charge >= 0.3 is 0 Å². The second-order valence-electron chi connectivity index (χ2n) is 4.20. The number of hydrogen-bond donors (Lipinski definition) is 1. The van der Waals surface area contributed by atoms with E-state index < -0.39 is 0 Å². The van der Waals surface area contributed by atoms with Crippen LogP contribution in [0.25, 0.3) is 5.65 Å². The van der Waals surface area contributed by atoms with Crippen molar-refractivity contribution in [3.63, 3.8) is 0 Å². The van der Waals surface area contributed by atoms with Crippen LogP contribution < -0.4 is 5.32 Å². The SMILES string of the molecule is CCCCCCNc1nccn2c(C)nnc12. The van der Waals surface area contributed by atoms with Crippen molar-refractivity contribution in [3.8, 4) is 0 Å². The van der Waals surface area contributed by atoms with E-state index in [0.29, 0.717) is 0 Å². The van der Waals surface area contributed by atoms with E-state index in [4.69, 9.17) is 0 Å². The van der Waals surface area contributed by atoms with Crippen molar-refractivity contribution in [1.82, 2.24) is 19.6 Å². The fraction of sp³-hybridized carbons (Fsp3) is 0.583. The van der Waals surface area contributed by atoms with Crippen molar-refractivity contribution in [2.75, 3.05) is 11.9 Å². The number of rotatable bonds is 6. The number of aryl methyl sites for hydroxylation is 1. The minimum absolute atomic E-state index is 0.806. The third-order valence-corrected chi connectivity index (χ3v) is 2.82. The maximum absolute atomic E-state index is 4.30. The van der Waals surface area contributed by atoms with Gasteiger partial charge in [-0.3, -0.25) is 4.40 Å². The minimum atomic E-state index is 0.806. The molecule has 0 atom stereocenters. The van der Waals surface area contributed by atoms with Crippen molar-refractivity contribution in [1.29, 1.82) is 0 Å². The Labute approximate surface area is 101 Å². The lowest BCUT2D eigenvalue weighted by Gasteiger charge is -2.05. The number of hydrogen-bond acceptors (Lipinski definition) is 4. The summed E-state index contributed by atoms with van der Waals surface area (Å²) in [5.41, 5.74) is 0.806. The van der Waals surface area contributed by atoms with E-state index in [1.807, 2.05) is 17.5 Å². The molecule has 5 heteroatoms. The van der Waals surface area contributed by atoms with Crippen LogP contribution in [0.15, 0.2) is 12.4 Å². The van der Waals surface area contributed by atoms with Gasteiger partial charge < -0.3 is 5.32 Å². The molecule has 2 heterocycles. The molecule has 0 unspecified atom stereocenters. The van der Waals surface area contributed by atoms with E-state index in [2.05, 4.69) is 27.4 Å². The first-order valence-electron chi connectivity index (χ1n) is 6.23. The second-order valence-corrected chi connectivity index (χ2v) is 4.20. The summed E-state index contributed by atoms with van der Waals surface area (Å²) in [5.74, 6) is 1.71. The number of anilines is 1. The summed E-state index contributed by atoms with van der Waals surface area (Å²) in [6.45, 7) is 5.10. The summed E-state index contributed by atoms with van der Waals surface area (Å²) in [5, 5.41) is 11.5. The topological polar surface area (TPSA) is 55.1 Å². The van der Waals surface area contributed by atoms with E-state index in [-0.39, 0.29) is 0 Å². The molecule has 2 rings (SSSR count). The highest BCUT2D eigenvalue weighted by Crippen LogP contribution is 2.12. The molecule has 0 radical (unpaired) electrons. The lowest BCUT2D eigenvalue weighted by Crippen LogP contribution is -2.05. The molecule has 1 N–H and O–H groups in total. The summed E-state index contributed by atoms with van der Waals surface area (Å²) in [4.78, 5) is 4.30. The van der Waals surface area contributed by atoms with Crippen LogP contribution in [-0.2, 0) is 0 Å². The molecular weight excluding hydrogens is 214 g/mol. The monoisotopic (exact) mass is 233 g/mol. The fourth-order valence-electron chi connectivity index (χ4n) is 1.82. The third-order valence-electron chi connectivity index (χ3n) is 2.82. The lowest BCUT2D eigenvalue weighted by atomic mass is 10.2. The smallest absolute Gasteiger partial charge is 0.203 e. The van der Waals surface area contributed by atoms with E-state index in [1.165, 1.54) is 25.7 Å². The van der Waals surface area contributed by atoms with Crippen molar-refractivity contribution < 1.29 is 0 Å². The molecule has 17 heavy (non-hydrogen) atoms. The Kier molecular flexibility index (Phi) is 3.90. The van der Waals surface area contributed by atoms with Crippen LogP contribution >= 0.6 is 0 Å². The zero-order chi connectivity index (χ0) is 12.1. The van der Waals surface area contributed by atoms with E-state index in [9.17, 15) is 0 Å². The van der Waals surface area contributed by atoms with Gasteiger partial charge in [-0.25, -0.2) is 4.98 Å². The maximum Gasteiger partial charge on any atom is 0.203 e. The van der Waals surface area contributed by atoms with Crippen LogP contribution in [0.3, 0.4) is 0 Å². The average Bonchev–Trinajstić information content (AvgIpc) is 2.72. The van der Waals surface area contributed by atoms with Crippen LogP contribution in [0.5, 0.6) is 0 Å². The molecule has 0 bridgehead atoms. The molecule has 0 spiro atoms. The highest BCUT2D eigenvalue weighted by Gasteiger charge is 2.06. The van der Waals surface area contributed by atoms with Crippen LogP contribution in [0, 0.1) is 6.92 Å². The summed E-state index contributed by atoms with van der Waals surface area (Å²) in [6.07, 6.45) is 8.65. The standard InChI is InChI=1S/C12H19N5/c1-3-4-5-6-7-13-11-12-16-15-10(2)17(12)9-8-14-11/h8-9H,3-7H2,1-2H3,(H,13,14). The molecule has 0 aliphatic carbocycles. The van der Waals surface area contributed by atoms with Gasteiger partial charge in [-0.15, -0.1) is 10.2 Å². The molecule has 2 aromatic rings. The number of aromatic nitrogens is 4. The van der Waals surface area contributed by atoms with Gasteiger partial charge in [-0.1, -0.05) is 26.2 Å². The Bertz CT molecular complexity index is 477. The Hall–Kier alpha value is -1.65. The van der Waals surface area contributed by atoms with Gasteiger partial charge in [0.25, 0.3) is 0 Å². The fourth-order valence-corrected chi connectivity index (χ4v) is 1.82. The molecule has 5 nitrogen and oxygen atoms in total. The lowest BCUT2D eigenvalue weighted by molar-refractivity contribution is 0.684. The maximum atomic E-state index is 4.30. The van der Waals surface area contributed by atoms with Gasteiger partial charge in [0, 0.05) is 18.9 Å². The van der Waals surface area contributed by atoms with Crippen LogP contribution in [0.4, 0.5) is 5.82 Å². The van der Waals surface area contributed by atoms with Gasteiger partial charge in [0.05, 0.1) is 0 Å². The predicted molar refractivity (Wildman–Crippen MR) is 68.2 cm³/mol. The van der Waals surface area contributed by atoms with Gasteiger partial charge in [0.1, 0.15) is 5.82 Å². The normalized spacial score (nSPS) is 10.9. The molecule has 2 aromatic heterocycles. The minimum Gasteiger partial charge on any atom is -0.367 e. The Morgan fingerprint density at radius 2 is 2.12 bits per heavy atom. The summed E-state index contributed by atoms with van der Waals surface area (Å²) in [6, 6.07) is 0. The van der Waals surface area contributed by atoms with Crippen LogP contribution in [0.2, 0.25) is 0 Å². The number of unbranched alkanes of at least 4 members (excludes halogenated alkanes) is 3. The van der Waals surface area contributed by atoms with Gasteiger partial charge in [0.15, 0.2) is 5.82 Å². The first-order valence-corrected chi connectivity index (χ1v) is 6.23. The first kappa shape index (κ1) is 11.8. The Morgan fingerprint density at radius 1 is 1.24 bits per heavy atom. The van der Waals surface area contributed by atoms with Crippen molar-refractivity contribution in [2.45, 2.75) is 39.5 Å². The predicted octanol–water partition coefficient (Wildman–Crippen LogP) is 2.42. The summed E-state index contributed by atoms with van der Waals surface area (Å²) < 4.78 is 1.95. The van der Waals surface area contributed by atoms with Gasteiger partial charge in [-0.05, 0) is 13.3 Å². The molecule has 0 fully saturated rings. The number of nitrogens with one attached hydrogen (secondary N) is 1. The number of fused-ring (bicyclic) bond motifs is 1. The highest BCUT2D eigenvalue weighted by molar-refractivity contribution is 5.61. The molecule has 0 saturated heterocycles. The van der Waals surface area contributed by atoms with Crippen molar-refractivity contribution >= 4 is 11.5 Å². The molecule has 0 amide bonds. The van der Waals surface area contributed by atoms with Crippen LogP contribution in [-0.4, -0.2) is 26.1 Å².